The van der Waals surface area contributed by atoms with E-state index in [0.29, 0.717) is 24.2 Å². The summed E-state index contributed by atoms with van der Waals surface area (Å²) in [6.45, 7) is 10.3. The summed E-state index contributed by atoms with van der Waals surface area (Å²) < 4.78 is 5.11. The molecule has 0 aromatic carbocycles. The fraction of sp³-hybridized carbons (Fsp3) is 0.650. The molecule has 2 aromatic rings. The predicted molar refractivity (Wildman–Crippen MR) is 197 cm³/mol. The maximum atomic E-state index is 14.4. The van der Waals surface area contributed by atoms with Crippen molar-refractivity contribution in [2.75, 3.05) is 13.1 Å². The van der Waals surface area contributed by atoms with Gasteiger partial charge < -0.3 is 0 Å². The number of rotatable bonds is 24. The molecule has 4 nitrogen and oxygen atoms in total. The van der Waals surface area contributed by atoms with Crippen LogP contribution in [0.5, 0.6) is 0 Å². The summed E-state index contributed by atoms with van der Waals surface area (Å²) in [5, 5.41) is 0. The van der Waals surface area contributed by atoms with Gasteiger partial charge in [0.1, 0.15) is 0 Å². The summed E-state index contributed by atoms with van der Waals surface area (Å²) in [7, 11) is 0. The van der Waals surface area contributed by atoms with Crippen LogP contribution >= 0.6 is 0 Å². The van der Waals surface area contributed by atoms with E-state index < -0.39 is 0 Å². The second-order valence-corrected chi connectivity index (χ2v) is 18.9. The summed E-state index contributed by atoms with van der Waals surface area (Å²) in [5.74, 6) is 0.134. The zero-order chi connectivity index (χ0) is 32.7. The van der Waals surface area contributed by atoms with Crippen molar-refractivity contribution >= 4 is 52.2 Å². The SMILES string of the molecule is CCCCCCCCCCCCN1C(=O)C2=C(c3ccc(C)[se]3)N(CCCCCCCCCCCC)C(=O)C2=C1c1ccc(C)[se]1. The second kappa shape index (κ2) is 20.1. The van der Waals surface area contributed by atoms with E-state index >= 15 is 0 Å². The van der Waals surface area contributed by atoms with Gasteiger partial charge in [-0.1, -0.05) is 39.5 Å². The Labute approximate surface area is 292 Å². The fourth-order valence-corrected chi connectivity index (χ4v) is 10.9. The minimum atomic E-state index is 0.0670. The van der Waals surface area contributed by atoms with Gasteiger partial charge in [-0.2, -0.15) is 0 Å². The molecule has 0 saturated heterocycles. The molecule has 6 heteroatoms. The summed E-state index contributed by atoms with van der Waals surface area (Å²) in [6, 6.07) is 8.74. The van der Waals surface area contributed by atoms with Crippen LogP contribution in [-0.2, 0) is 9.59 Å². The third-order valence-electron chi connectivity index (χ3n) is 9.60. The number of hydrogen-bond acceptors (Lipinski definition) is 2. The first-order chi connectivity index (χ1) is 22.5. The zero-order valence-corrected chi connectivity index (χ0v) is 32.8. The van der Waals surface area contributed by atoms with Gasteiger partial charge in [0.25, 0.3) is 0 Å². The Bertz CT molecular complexity index is 1220. The van der Waals surface area contributed by atoms with Gasteiger partial charge in [-0.25, -0.2) is 0 Å². The maximum absolute atomic E-state index is 14.4. The molecule has 2 aliphatic rings. The van der Waals surface area contributed by atoms with Crippen molar-refractivity contribution in [1.29, 1.82) is 0 Å². The van der Waals surface area contributed by atoms with Gasteiger partial charge in [0.2, 0.25) is 0 Å². The zero-order valence-electron chi connectivity index (χ0n) is 29.4. The van der Waals surface area contributed by atoms with E-state index in [1.54, 1.807) is 0 Å². The van der Waals surface area contributed by atoms with Crippen LogP contribution < -0.4 is 0 Å². The molecule has 0 N–H and O–H groups in total. The van der Waals surface area contributed by atoms with Crippen LogP contribution in [-0.4, -0.2) is 63.7 Å². The van der Waals surface area contributed by atoms with Crippen molar-refractivity contribution in [3.8, 4) is 0 Å². The van der Waals surface area contributed by atoms with Crippen molar-refractivity contribution in [1.82, 2.24) is 9.80 Å². The van der Waals surface area contributed by atoms with E-state index in [9.17, 15) is 9.59 Å². The fourth-order valence-electron chi connectivity index (χ4n) is 6.97. The molecular weight excluding hydrogens is 698 g/mol. The van der Waals surface area contributed by atoms with Gasteiger partial charge in [-0.3, -0.25) is 0 Å². The Morgan fingerprint density at radius 3 is 1.04 bits per heavy atom. The van der Waals surface area contributed by atoms with E-state index in [1.807, 2.05) is 9.80 Å². The van der Waals surface area contributed by atoms with Crippen LogP contribution in [0.3, 0.4) is 0 Å². The van der Waals surface area contributed by atoms with Gasteiger partial charge in [0.15, 0.2) is 0 Å². The van der Waals surface area contributed by atoms with Gasteiger partial charge in [0, 0.05) is 0 Å². The molecule has 0 fully saturated rings. The second-order valence-electron chi connectivity index (χ2n) is 13.5. The van der Waals surface area contributed by atoms with E-state index in [2.05, 4.69) is 52.0 Å². The standard InChI is InChI=1S/C40H60N2O2Se2/c1-5-7-9-11-13-15-17-19-21-23-29-41-37(33-27-25-31(3)45-33)35-36(39(41)43)38(34-28-26-32(4)46-34)42(40(35)44)30-24-22-20-18-16-14-12-10-8-6-2/h25-28H,5-24,29-30H2,1-4H3. The monoisotopic (exact) mass is 760 g/mol. The molecule has 254 valence electrons. The number of carbonyl (C=O) groups excluding carboxylic acids is 2. The molecule has 0 unspecified atom stereocenters. The molecule has 4 heterocycles. The van der Waals surface area contributed by atoms with Gasteiger partial charge in [0.05, 0.1) is 0 Å². The Balaban J connectivity index is 1.44. The Morgan fingerprint density at radius 2 is 0.761 bits per heavy atom. The molecule has 0 saturated carbocycles. The van der Waals surface area contributed by atoms with E-state index in [-0.39, 0.29) is 40.8 Å². The number of hydrogen-bond donors (Lipinski definition) is 0. The van der Waals surface area contributed by atoms with Crippen molar-refractivity contribution < 1.29 is 9.59 Å². The van der Waals surface area contributed by atoms with Crippen LogP contribution in [0.2, 0.25) is 0 Å². The van der Waals surface area contributed by atoms with E-state index in [4.69, 9.17) is 0 Å². The van der Waals surface area contributed by atoms with Crippen LogP contribution in [0.4, 0.5) is 0 Å². The number of carbonyl (C=O) groups is 2. The molecular formula is C40H60N2O2Se2. The van der Waals surface area contributed by atoms with Gasteiger partial charge in [-0.15, -0.1) is 0 Å². The number of aryl methyl sites for hydroxylation is 2. The summed E-state index contributed by atoms with van der Waals surface area (Å²) in [4.78, 5) is 32.8. The summed E-state index contributed by atoms with van der Waals surface area (Å²) >= 11 is 0.320. The topological polar surface area (TPSA) is 40.6 Å². The van der Waals surface area contributed by atoms with Crippen LogP contribution in [0.1, 0.15) is 160 Å². The van der Waals surface area contributed by atoms with Crippen molar-refractivity contribution in [2.24, 2.45) is 0 Å². The molecule has 0 bridgehead atoms. The summed E-state index contributed by atoms with van der Waals surface area (Å²) in [6.07, 6.45) is 25.5. The average Bonchev–Trinajstić information content (AvgIpc) is 3.80. The Kier molecular flexibility index (Phi) is 16.2. The normalized spacial score (nSPS) is 15.0. The number of fused-ring (bicyclic) bond motifs is 1. The first-order valence-electron chi connectivity index (χ1n) is 18.7. The van der Waals surface area contributed by atoms with Crippen molar-refractivity contribution in [3.63, 3.8) is 0 Å². The first-order valence-corrected chi connectivity index (χ1v) is 22.2. The molecule has 0 spiro atoms. The predicted octanol–water partition coefficient (Wildman–Crippen LogP) is 10.1. The molecule has 4 rings (SSSR count). The minimum absolute atomic E-state index is 0.0670. The van der Waals surface area contributed by atoms with Crippen LogP contribution in [0.15, 0.2) is 35.4 Å². The number of unbranched alkanes of at least 4 members (excludes halogenated alkanes) is 18. The molecule has 2 aliphatic heterocycles. The number of amides is 2. The molecule has 2 aromatic heterocycles. The quantitative estimate of drug-likeness (QED) is 0.0791. The third kappa shape index (κ3) is 10.2. The van der Waals surface area contributed by atoms with Crippen LogP contribution in [0, 0.1) is 13.8 Å². The molecule has 0 aliphatic carbocycles. The van der Waals surface area contributed by atoms with Crippen LogP contribution in [0.25, 0.3) is 11.4 Å². The summed E-state index contributed by atoms with van der Waals surface area (Å²) in [5.41, 5.74) is 3.29. The molecule has 0 atom stereocenters. The first kappa shape index (κ1) is 37.2. The van der Waals surface area contributed by atoms with E-state index in [0.717, 1.165) is 37.1 Å². The Hall–Kier alpha value is -1.58. The average molecular weight is 759 g/mol. The third-order valence-corrected chi connectivity index (χ3v) is 13.8. The van der Waals surface area contributed by atoms with Crippen molar-refractivity contribution in [2.45, 2.75) is 156 Å². The molecule has 46 heavy (non-hydrogen) atoms. The van der Waals surface area contributed by atoms with Gasteiger partial charge in [-0.05, 0) is 0 Å². The number of nitrogens with zero attached hydrogens (tertiary/aromatic N) is 2. The van der Waals surface area contributed by atoms with E-state index in [1.165, 1.54) is 120 Å². The van der Waals surface area contributed by atoms with Gasteiger partial charge >= 0.3 is 254 Å². The molecule has 0 radical (unpaired) electrons. The Morgan fingerprint density at radius 1 is 0.457 bits per heavy atom. The molecule has 2 amide bonds. The van der Waals surface area contributed by atoms with Crippen molar-refractivity contribution in [3.05, 3.63) is 53.2 Å².